The lowest BCUT2D eigenvalue weighted by molar-refractivity contribution is -0.139. The summed E-state index contributed by atoms with van der Waals surface area (Å²) < 4.78 is 0.964. The Morgan fingerprint density at radius 1 is 1.45 bits per heavy atom. The number of carbonyl (C=O) groups is 2. The molecule has 1 aromatic heterocycles. The third-order valence-corrected chi connectivity index (χ3v) is 3.56. The van der Waals surface area contributed by atoms with Gasteiger partial charge in [0.15, 0.2) is 0 Å². The normalized spacial score (nSPS) is 12.1. The third-order valence-electron chi connectivity index (χ3n) is 2.77. The van der Waals surface area contributed by atoms with Gasteiger partial charge in [0, 0.05) is 5.69 Å². The molecule has 3 N–H and O–H groups in total. The van der Waals surface area contributed by atoms with Crippen LogP contribution in [0, 0.1) is 0 Å². The van der Waals surface area contributed by atoms with Crippen molar-refractivity contribution in [1.82, 2.24) is 10.3 Å². The van der Waals surface area contributed by atoms with Crippen molar-refractivity contribution in [2.75, 3.05) is 5.32 Å². The Labute approximate surface area is 119 Å². The van der Waals surface area contributed by atoms with Crippen LogP contribution in [0.5, 0.6) is 0 Å². The number of aromatic nitrogens is 1. The SMILES string of the molecule is CCC[C@@H](NC(=O)Nc1ccc2ncsc2c1)C(=O)O. The Morgan fingerprint density at radius 2 is 2.25 bits per heavy atom. The molecule has 6 nitrogen and oxygen atoms in total. The first-order chi connectivity index (χ1) is 9.60. The molecule has 0 aliphatic carbocycles. The Bertz CT molecular complexity index is 626. The van der Waals surface area contributed by atoms with Gasteiger partial charge in [-0.1, -0.05) is 13.3 Å². The van der Waals surface area contributed by atoms with Crippen LogP contribution in [0.25, 0.3) is 10.2 Å². The number of amides is 2. The Balaban J connectivity index is 2.01. The number of carboxylic acid groups (broad SMARTS) is 1. The van der Waals surface area contributed by atoms with Crippen LogP contribution >= 0.6 is 11.3 Å². The van der Waals surface area contributed by atoms with E-state index in [1.54, 1.807) is 11.6 Å². The molecule has 1 heterocycles. The summed E-state index contributed by atoms with van der Waals surface area (Å²) in [7, 11) is 0. The summed E-state index contributed by atoms with van der Waals surface area (Å²) in [6, 6.07) is 3.96. The lowest BCUT2D eigenvalue weighted by Crippen LogP contribution is -2.42. The molecule has 20 heavy (non-hydrogen) atoms. The number of hydrogen-bond donors (Lipinski definition) is 3. The molecule has 2 rings (SSSR count). The number of carboxylic acids is 1. The second-order valence-corrected chi connectivity index (χ2v) is 5.20. The van der Waals surface area contributed by atoms with E-state index in [0.717, 1.165) is 10.2 Å². The number of nitrogens with zero attached hydrogens (tertiary/aromatic N) is 1. The molecule has 0 spiro atoms. The maximum Gasteiger partial charge on any atom is 0.326 e. The summed E-state index contributed by atoms with van der Waals surface area (Å²) in [6.07, 6.45) is 1.08. The standard InChI is InChI=1S/C13H15N3O3S/c1-2-3-10(12(17)18)16-13(19)15-8-4-5-9-11(6-8)20-7-14-9/h4-7,10H,2-3H2,1H3,(H,17,18)(H2,15,16,19)/t10-/m1/s1. The second kappa shape index (κ2) is 6.33. The van der Waals surface area contributed by atoms with Crippen LogP contribution in [0.3, 0.4) is 0 Å². The van der Waals surface area contributed by atoms with E-state index in [-0.39, 0.29) is 0 Å². The first kappa shape index (κ1) is 14.3. The molecule has 0 aliphatic rings. The monoisotopic (exact) mass is 293 g/mol. The average molecular weight is 293 g/mol. The lowest BCUT2D eigenvalue weighted by atomic mass is 10.2. The number of rotatable bonds is 5. The summed E-state index contributed by atoms with van der Waals surface area (Å²) in [6.45, 7) is 1.87. The van der Waals surface area contributed by atoms with E-state index in [0.29, 0.717) is 18.5 Å². The zero-order valence-corrected chi connectivity index (χ0v) is 11.7. The topological polar surface area (TPSA) is 91.3 Å². The minimum Gasteiger partial charge on any atom is -0.480 e. The molecule has 0 bridgehead atoms. The molecule has 1 aromatic carbocycles. The van der Waals surface area contributed by atoms with Crippen molar-refractivity contribution in [3.05, 3.63) is 23.7 Å². The Kier molecular flexibility index (Phi) is 4.52. The van der Waals surface area contributed by atoms with Gasteiger partial charge in [0.25, 0.3) is 0 Å². The Morgan fingerprint density at radius 3 is 2.95 bits per heavy atom. The summed E-state index contributed by atoms with van der Waals surface area (Å²) >= 11 is 1.48. The van der Waals surface area contributed by atoms with Crippen LogP contribution < -0.4 is 10.6 Å². The highest BCUT2D eigenvalue weighted by Crippen LogP contribution is 2.21. The molecule has 0 saturated carbocycles. The third kappa shape index (κ3) is 3.45. The molecule has 2 aromatic rings. The van der Waals surface area contributed by atoms with Crippen molar-refractivity contribution in [3.8, 4) is 0 Å². The van der Waals surface area contributed by atoms with E-state index in [2.05, 4.69) is 15.6 Å². The number of thiazole rings is 1. The van der Waals surface area contributed by atoms with Crippen LogP contribution in [-0.4, -0.2) is 28.1 Å². The van der Waals surface area contributed by atoms with Gasteiger partial charge in [0.05, 0.1) is 15.7 Å². The number of hydrogen-bond acceptors (Lipinski definition) is 4. The molecular weight excluding hydrogens is 278 g/mol. The van der Waals surface area contributed by atoms with E-state index in [1.165, 1.54) is 11.3 Å². The van der Waals surface area contributed by atoms with Crippen LogP contribution in [0.2, 0.25) is 0 Å². The van der Waals surface area contributed by atoms with Crippen LogP contribution in [-0.2, 0) is 4.79 Å². The van der Waals surface area contributed by atoms with Gasteiger partial charge in [0.1, 0.15) is 6.04 Å². The quantitative estimate of drug-likeness (QED) is 0.790. The average Bonchev–Trinajstić information content (AvgIpc) is 2.85. The van der Waals surface area contributed by atoms with Crippen molar-refractivity contribution in [3.63, 3.8) is 0 Å². The zero-order chi connectivity index (χ0) is 14.5. The van der Waals surface area contributed by atoms with Crippen molar-refractivity contribution in [2.45, 2.75) is 25.8 Å². The molecule has 7 heteroatoms. The predicted molar refractivity (Wildman–Crippen MR) is 78.1 cm³/mol. The number of fused-ring (bicyclic) bond motifs is 1. The fourth-order valence-corrected chi connectivity index (χ4v) is 2.52. The molecule has 0 unspecified atom stereocenters. The van der Waals surface area contributed by atoms with Crippen LogP contribution in [0.15, 0.2) is 23.7 Å². The highest BCUT2D eigenvalue weighted by Gasteiger charge is 2.18. The minimum absolute atomic E-state index is 0.399. The summed E-state index contributed by atoms with van der Waals surface area (Å²) in [5.41, 5.74) is 3.21. The number of benzene rings is 1. The van der Waals surface area contributed by atoms with Crippen molar-refractivity contribution in [1.29, 1.82) is 0 Å². The number of carbonyl (C=O) groups excluding carboxylic acids is 1. The van der Waals surface area contributed by atoms with E-state index >= 15 is 0 Å². The number of urea groups is 1. The molecule has 0 aliphatic heterocycles. The van der Waals surface area contributed by atoms with Gasteiger partial charge in [-0.05, 0) is 24.6 Å². The summed E-state index contributed by atoms with van der Waals surface area (Å²) in [5, 5.41) is 14.1. The minimum atomic E-state index is -1.03. The van der Waals surface area contributed by atoms with Crippen molar-refractivity contribution < 1.29 is 14.7 Å². The van der Waals surface area contributed by atoms with E-state index in [9.17, 15) is 9.59 Å². The Hall–Kier alpha value is -2.15. The number of nitrogens with one attached hydrogen (secondary N) is 2. The molecule has 0 fully saturated rings. The molecule has 1 atom stereocenters. The van der Waals surface area contributed by atoms with Gasteiger partial charge in [-0.2, -0.15) is 0 Å². The number of anilines is 1. The summed E-state index contributed by atoms with van der Waals surface area (Å²) in [5.74, 6) is -1.03. The van der Waals surface area contributed by atoms with Gasteiger partial charge in [-0.3, -0.25) is 0 Å². The van der Waals surface area contributed by atoms with Gasteiger partial charge in [-0.25, -0.2) is 14.6 Å². The maximum atomic E-state index is 11.8. The van der Waals surface area contributed by atoms with E-state index in [4.69, 9.17) is 5.11 Å². The van der Waals surface area contributed by atoms with Crippen LogP contribution in [0.1, 0.15) is 19.8 Å². The van der Waals surface area contributed by atoms with Gasteiger partial charge >= 0.3 is 12.0 Å². The number of aliphatic carboxylic acids is 1. The lowest BCUT2D eigenvalue weighted by Gasteiger charge is -2.14. The molecule has 0 saturated heterocycles. The molecule has 0 radical (unpaired) electrons. The summed E-state index contributed by atoms with van der Waals surface area (Å²) in [4.78, 5) is 26.9. The van der Waals surface area contributed by atoms with E-state index < -0.39 is 18.0 Å². The first-order valence-electron chi connectivity index (χ1n) is 6.23. The first-order valence-corrected chi connectivity index (χ1v) is 7.11. The van der Waals surface area contributed by atoms with Gasteiger partial charge < -0.3 is 15.7 Å². The highest BCUT2D eigenvalue weighted by atomic mass is 32.1. The fraction of sp³-hybridized carbons (Fsp3) is 0.308. The van der Waals surface area contributed by atoms with E-state index in [1.807, 2.05) is 19.1 Å². The molecule has 106 valence electrons. The highest BCUT2D eigenvalue weighted by molar-refractivity contribution is 7.16. The van der Waals surface area contributed by atoms with Gasteiger partial charge in [0.2, 0.25) is 0 Å². The van der Waals surface area contributed by atoms with Crippen molar-refractivity contribution >= 4 is 39.2 Å². The zero-order valence-electron chi connectivity index (χ0n) is 10.9. The smallest absolute Gasteiger partial charge is 0.326 e. The van der Waals surface area contributed by atoms with Crippen molar-refractivity contribution in [2.24, 2.45) is 0 Å². The van der Waals surface area contributed by atoms with Crippen LogP contribution in [0.4, 0.5) is 10.5 Å². The molecular formula is C13H15N3O3S. The maximum absolute atomic E-state index is 11.8. The molecule has 2 amide bonds. The van der Waals surface area contributed by atoms with Gasteiger partial charge in [-0.15, -0.1) is 11.3 Å². The fourth-order valence-electron chi connectivity index (χ4n) is 1.80. The second-order valence-electron chi connectivity index (χ2n) is 4.31. The largest absolute Gasteiger partial charge is 0.480 e. The predicted octanol–water partition coefficient (Wildman–Crippen LogP) is 2.67.